The minimum Gasteiger partial charge on any atom is -0.457 e. The van der Waals surface area contributed by atoms with Crippen molar-refractivity contribution in [1.82, 2.24) is 5.01 Å². The molecule has 0 saturated heterocycles. The van der Waals surface area contributed by atoms with Crippen LogP contribution in [0.1, 0.15) is 38.4 Å². The molecule has 0 saturated carbocycles. The van der Waals surface area contributed by atoms with Crippen molar-refractivity contribution in [3.63, 3.8) is 0 Å². The number of aliphatic imine (C=N–C) groups is 1. The molecule has 0 aliphatic carbocycles. The van der Waals surface area contributed by atoms with Crippen molar-refractivity contribution in [2.24, 2.45) is 10.1 Å². The molecule has 0 fully saturated rings. The summed E-state index contributed by atoms with van der Waals surface area (Å²) in [6, 6.07) is 13.4. The van der Waals surface area contributed by atoms with Crippen LogP contribution in [0.15, 0.2) is 62.5 Å². The molecule has 0 radical (unpaired) electrons. The lowest BCUT2D eigenvalue weighted by atomic mass is 10.1. The van der Waals surface area contributed by atoms with Gasteiger partial charge in [-0.15, -0.1) is 0 Å². The van der Waals surface area contributed by atoms with E-state index in [1.807, 2.05) is 36.4 Å². The van der Waals surface area contributed by atoms with Gasteiger partial charge in [0.05, 0.1) is 5.57 Å². The minimum atomic E-state index is -0.439. The average molecular weight is 392 g/mol. The van der Waals surface area contributed by atoms with Gasteiger partial charge in [0.2, 0.25) is 5.17 Å². The molecule has 3 heterocycles. The van der Waals surface area contributed by atoms with Crippen molar-refractivity contribution < 1.29 is 9.21 Å². The number of benzene rings is 1. The summed E-state index contributed by atoms with van der Waals surface area (Å²) in [7, 11) is 0. The number of amides is 1. The lowest BCUT2D eigenvalue weighted by Gasteiger charge is -2.19. The first-order valence-corrected chi connectivity index (χ1v) is 10.1. The Labute approximate surface area is 167 Å². The number of unbranched alkanes of at least 4 members (excludes halogenated alkanes) is 2. The number of nitrogens with zero attached hydrogens (tertiary/aromatic N) is 3. The molecular formula is C21H20N4O2S. The number of amidine groups is 2. The Morgan fingerprint density at radius 3 is 2.79 bits per heavy atom. The van der Waals surface area contributed by atoms with E-state index in [9.17, 15) is 4.79 Å². The van der Waals surface area contributed by atoms with Gasteiger partial charge in [-0.1, -0.05) is 50.1 Å². The van der Waals surface area contributed by atoms with Crippen molar-refractivity contribution in [2.45, 2.75) is 32.6 Å². The van der Waals surface area contributed by atoms with Gasteiger partial charge in [-0.3, -0.25) is 10.2 Å². The lowest BCUT2D eigenvalue weighted by molar-refractivity contribution is -0.114. The summed E-state index contributed by atoms with van der Waals surface area (Å²) >= 11 is 1.38. The van der Waals surface area contributed by atoms with E-state index in [4.69, 9.17) is 9.83 Å². The predicted octanol–water partition coefficient (Wildman–Crippen LogP) is 5.15. The fraction of sp³-hybridized carbons (Fsp3) is 0.238. The van der Waals surface area contributed by atoms with Crippen LogP contribution in [0.5, 0.6) is 0 Å². The van der Waals surface area contributed by atoms with E-state index in [1.54, 1.807) is 12.1 Å². The molecule has 1 amide bonds. The zero-order valence-electron chi connectivity index (χ0n) is 15.5. The van der Waals surface area contributed by atoms with Crippen molar-refractivity contribution >= 4 is 39.8 Å². The van der Waals surface area contributed by atoms with Crippen molar-refractivity contribution in [3.05, 3.63) is 53.8 Å². The summed E-state index contributed by atoms with van der Waals surface area (Å²) in [4.78, 5) is 16.6. The molecule has 0 bridgehead atoms. The number of thioether (sulfide) groups is 1. The number of carbonyl (C=O) groups is 1. The molecule has 1 N–H and O–H groups in total. The Kier molecular flexibility index (Phi) is 5.25. The molecule has 142 valence electrons. The highest BCUT2D eigenvalue weighted by atomic mass is 32.2. The molecule has 2 aromatic rings. The number of nitrogens with one attached hydrogen (secondary N) is 1. The Morgan fingerprint density at radius 1 is 1.18 bits per heavy atom. The van der Waals surface area contributed by atoms with E-state index in [2.05, 4.69) is 17.0 Å². The zero-order valence-corrected chi connectivity index (χ0v) is 16.3. The first-order valence-electron chi connectivity index (χ1n) is 9.30. The monoisotopic (exact) mass is 392 g/mol. The second-order valence-corrected chi connectivity index (χ2v) is 7.58. The molecule has 28 heavy (non-hydrogen) atoms. The van der Waals surface area contributed by atoms with Crippen LogP contribution < -0.4 is 0 Å². The molecule has 0 atom stereocenters. The SMILES string of the molecule is CCCCCC1=NN2C(=N)/C(=C/c3ccc(-c4ccccc4)o3)C(=O)N=C2S1. The normalized spacial score (nSPS) is 17.8. The van der Waals surface area contributed by atoms with E-state index in [0.717, 1.165) is 36.3 Å². The first-order chi connectivity index (χ1) is 13.7. The van der Waals surface area contributed by atoms with Crippen molar-refractivity contribution in [2.75, 3.05) is 0 Å². The van der Waals surface area contributed by atoms with Gasteiger partial charge in [0.15, 0.2) is 5.84 Å². The Morgan fingerprint density at radius 2 is 2.00 bits per heavy atom. The number of carbonyl (C=O) groups excluding carboxylic acids is 1. The molecule has 0 spiro atoms. The Hall–Kier alpha value is -2.93. The van der Waals surface area contributed by atoms with Gasteiger partial charge >= 0.3 is 0 Å². The Balaban J connectivity index is 1.56. The second kappa shape index (κ2) is 7.98. The quantitative estimate of drug-likeness (QED) is 0.545. The maximum Gasteiger partial charge on any atom is 0.283 e. The average Bonchev–Trinajstić information content (AvgIpc) is 3.33. The van der Waals surface area contributed by atoms with Gasteiger partial charge < -0.3 is 4.42 Å². The lowest BCUT2D eigenvalue weighted by Crippen LogP contribution is -2.35. The predicted molar refractivity (Wildman–Crippen MR) is 113 cm³/mol. The second-order valence-electron chi connectivity index (χ2n) is 6.54. The molecule has 2 aliphatic rings. The number of rotatable bonds is 6. The molecule has 6 nitrogen and oxygen atoms in total. The van der Waals surface area contributed by atoms with Crippen LogP contribution in [0.3, 0.4) is 0 Å². The summed E-state index contributed by atoms with van der Waals surface area (Å²) in [6.07, 6.45) is 5.72. The maximum atomic E-state index is 12.5. The molecule has 4 rings (SSSR count). The van der Waals surface area contributed by atoms with E-state index >= 15 is 0 Å². The topological polar surface area (TPSA) is 82.0 Å². The molecule has 1 aromatic heterocycles. The van der Waals surface area contributed by atoms with Gasteiger partial charge in [0, 0.05) is 5.56 Å². The smallest absolute Gasteiger partial charge is 0.283 e. The number of hydrogen-bond acceptors (Lipinski definition) is 5. The van der Waals surface area contributed by atoms with Gasteiger partial charge in [-0.05, 0) is 42.8 Å². The van der Waals surface area contributed by atoms with Gasteiger partial charge in [0.25, 0.3) is 5.91 Å². The molecular weight excluding hydrogens is 372 g/mol. The van der Waals surface area contributed by atoms with E-state index in [-0.39, 0.29) is 11.4 Å². The molecule has 0 unspecified atom stereocenters. The maximum absolute atomic E-state index is 12.5. The van der Waals surface area contributed by atoms with Crippen LogP contribution in [0.4, 0.5) is 0 Å². The number of hydrazone groups is 1. The van der Waals surface area contributed by atoms with Crippen LogP contribution in [-0.2, 0) is 4.79 Å². The van der Waals surface area contributed by atoms with E-state index in [1.165, 1.54) is 16.8 Å². The first kappa shape index (κ1) is 18.4. The van der Waals surface area contributed by atoms with E-state index < -0.39 is 5.91 Å². The third kappa shape index (κ3) is 3.71. The van der Waals surface area contributed by atoms with Crippen molar-refractivity contribution in [1.29, 1.82) is 5.41 Å². The summed E-state index contributed by atoms with van der Waals surface area (Å²) in [5.41, 5.74) is 1.13. The third-order valence-corrected chi connectivity index (χ3v) is 5.43. The summed E-state index contributed by atoms with van der Waals surface area (Å²) < 4.78 is 5.83. The van der Waals surface area contributed by atoms with Crippen LogP contribution in [-0.4, -0.2) is 27.0 Å². The summed E-state index contributed by atoms with van der Waals surface area (Å²) in [5.74, 6) is 0.807. The molecule has 2 aliphatic heterocycles. The fourth-order valence-electron chi connectivity index (χ4n) is 2.99. The van der Waals surface area contributed by atoms with E-state index in [0.29, 0.717) is 16.7 Å². The van der Waals surface area contributed by atoms with Crippen LogP contribution in [0, 0.1) is 5.41 Å². The van der Waals surface area contributed by atoms with Crippen LogP contribution >= 0.6 is 11.8 Å². The van der Waals surface area contributed by atoms with Crippen molar-refractivity contribution in [3.8, 4) is 11.3 Å². The Bertz CT molecular complexity index is 1000. The molecule has 1 aromatic carbocycles. The highest BCUT2D eigenvalue weighted by molar-refractivity contribution is 8.26. The number of furan rings is 1. The highest BCUT2D eigenvalue weighted by Crippen LogP contribution is 2.31. The van der Waals surface area contributed by atoms with Gasteiger partial charge in [-0.25, -0.2) is 0 Å². The molecule has 7 heteroatoms. The third-order valence-electron chi connectivity index (χ3n) is 4.46. The van der Waals surface area contributed by atoms with Gasteiger partial charge in [0.1, 0.15) is 16.6 Å². The van der Waals surface area contributed by atoms with Crippen LogP contribution in [0.25, 0.3) is 17.4 Å². The standard InChI is InChI=1S/C21H20N4O2S/c1-2-3-5-10-18-24-25-19(22)16(20(26)23-21(25)28-18)13-15-11-12-17(27-15)14-8-6-4-7-9-14/h4,6-9,11-13,22H,2-3,5,10H2,1H3/b16-13-,22-19?. The summed E-state index contributed by atoms with van der Waals surface area (Å²) in [6.45, 7) is 2.15. The minimum absolute atomic E-state index is 0.0330. The fourth-order valence-corrected chi connectivity index (χ4v) is 3.92. The summed E-state index contributed by atoms with van der Waals surface area (Å²) in [5, 5.41) is 15.7. The zero-order chi connectivity index (χ0) is 19.5. The van der Waals surface area contributed by atoms with Gasteiger partial charge in [-0.2, -0.15) is 15.1 Å². The van der Waals surface area contributed by atoms with Crippen LogP contribution in [0.2, 0.25) is 0 Å². The number of hydrogen-bond donors (Lipinski definition) is 1. The number of fused-ring (bicyclic) bond motifs is 1. The largest absolute Gasteiger partial charge is 0.457 e. The highest BCUT2D eigenvalue weighted by Gasteiger charge is 2.35.